The first kappa shape index (κ1) is 17.9. The summed E-state index contributed by atoms with van der Waals surface area (Å²) in [6, 6.07) is 8.38. The number of aliphatic carboxylic acids is 1. The summed E-state index contributed by atoms with van der Waals surface area (Å²) in [5, 5.41) is 9.65. The predicted molar refractivity (Wildman–Crippen MR) is 94.5 cm³/mol. The topological polar surface area (TPSA) is 66.8 Å². The van der Waals surface area contributed by atoms with Gasteiger partial charge in [0.1, 0.15) is 5.41 Å². The second-order valence-electron chi connectivity index (χ2n) is 7.43. The second kappa shape index (κ2) is 7.56. The summed E-state index contributed by atoms with van der Waals surface area (Å²) in [4.78, 5) is 26.4. The van der Waals surface area contributed by atoms with E-state index in [1.807, 2.05) is 6.07 Å². The number of nitrogens with zero attached hydrogens (tertiary/aromatic N) is 1. The predicted octanol–water partition coefficient (Wildman–Crippen LogP) is 2.84. The Morgan fingerprint density at radius 2 is 2.12 bits per heavy atom. The Morgan fingerprint density at radius 3 is 2.88 bits per heavy atom. The first-order valence-electron chi connectivity index (χ1n) is 9.14. The molecule has 136 valence electrons. The Labute approximate surface area is 149 Å². The maximum absolute atomic E-state index is 12.9. The lowest BCUT2D eigenvalue weighted by Gasteiger charge is -2.40. The highest BCUT2D eigenvalue weighted by atomic mass is 16.5. The second-order valence-corrected chi connectivity index (χ2v) is 7.43. The zero-order valence-electron chi connectivity index (χ0n) is 14.9. The van der Waals surface area contributed by atoms with Gasteiger partial charge in [-0.15, -0.1) is 0 Å². The highest BCUT2D eigenvalue weighted by Crippen LogP contribution is 2.36. The van der Waals surface area contributed by atoms with E-state index in [2.05, 4.69) is 18.2 Å². The third kappa shape index (κ3) is 3.71. The Balaban J connectivity index is 1.70. The van der Waals surface area contributed by atoms with Crippen molar-refractivity contribution in [3.63, 3.8) is 0 Å². The van der Waals surface area contributed by atoms with E-state index in [1.165, 1.54) is 18.2 Å². The third-order valence-corrected chi connectivity index (χ3v) is 5.72. The molecule has 0 spiro atoms. The molecule has 1 aliphatic carbocycles. The van der Waals surface area contributed by atoms with Gasteiger partial charge in [-0.25, -0.2) is 0 Å². The van der Waals surface area contributed by atoms with Crippen LogP contribution in [0.15, 0.2) is 24.3 Å². The maximum Gasteiger partial charge on any atom is 0.313 e. The van der Waals surface area contributed by atoms with Gasteiger partial charge in [0.25, 0.3) is 0 Å². The molecule has 5 heteroatoms. The summed E-state index contributed by atoms with van der Waals surface area (Å²) < 4.78 is 5.15. The molecule has 0 saturated carbocycles. The number of benzene rings is 1. The molecule has 25 heavy (non-hydrogen) atoms. The number of carbonyl (C=O) groups is 2. The van der Waals surface area contributed by atoms with E-state index < -0.39 is 11.4 Å². The fourth-order valence-electron chi connectivity index (χ4n) is 4.38. The van der Waals surface area contributed by atoms with E-state index in [9.17, 15) is 14.7 Å². The molecule has 1 saturated heterocycles. The van der Waals surface area contributed by atoms with Gasteiger partial charge in [0.05, 0.1) is 6.61 Å². The first-order chi connectivity index (χ1) is 12.1. The van der Waals surface area contributed by atoms with Gasteiger partial charge in [0.2, 0.25) is 5.91 Å². The molecular weight excluding hydrogens is 318 g/mol. The number of carboxylic acid groups (broad SMARTS) is 1. The van der Waals surface area contributed by atoms with Crippen molar-refractivity contribution in [2.24, 2.45) is 5.41 Å². The van der Waals surface area contributed by atoms with Gasteiger partial charge >= 0.3 is 5.97 Å². The largest absolute Gasteiger partial charge is 0.481 e. The van der Waals surface area contributed by atoms with Crippen molar-refractivity contribution in [3.05, 3.63) is 35.4 Å². The van der Waals surface area contributed by atoms with Crippen molar-refractivity contribution in [3.8, 4) is 0 Å². The van der Waals surface area contributed by atoms with E-state index in [1.54, 1.807) is 4.90 Å². The van der Waals surface area contributed by atoms with Crippen LogP contribution < -0.4 is 0 Å². The monoisotopic (exact) mass is 345 g/mol. The number of hydrogen-bond acceptors (Lipinski definition) is 3. The molecule has 1 amide bonds. The Morgan fingerprint density at radius 1 is 1.32 bits per heavy atom. The molecule has 2 unspecified atom stereocenters. The normalized spacial score (nSPS) is 26.1. The average Bonchev–Trinajstić information content (AvgIpc) is 2.62. The van der Waals surface area contributed by atoms with Crippen LogP contribution in [-0.4, -0.2) is 48.7 Å². The Hall–Kier alpha value is -1.88. The van der Waals surface area contributed by atoms with Gasteiger partial charge in [0.15, 0.2) is 0 Å². The van der Waals surface area contributed by atoms with Crippen molar-refractivity contribution in [1.82, 2.24) is 4.90 Å². The van der Waals surface area contributed by atoms with E-state index in [0.29, 0.717) is 25.8 Å². The summed E-state index contributed by atoms with van der Waals surface area (Å²) in [6.07, 6.45) is 4.96. The third-order valence-electron chi connectivity index (χ3n) is 5.72. The van der Waals surface area contributed by atoms with E-state index in [4.69, 9.17) is 4.74 Å². The van der Waals surface area contributed by atoms with E-state index in [0.717, 1.165) is 19.3 Å². The highest BCUT2D eigenvalue weighted by molar-refractivity contribution is 5.80. The van der Waals surface area contributed by atoms with Crippen LogP contribution >= 0.6 is 0 Å². The van der Waals surface area contributed by atoms with Crippen LogP contribution in [0, 0.1) is 5.41 Å². The Kier molecular flexibility index (Phi) is 5.42. The molecular formula is C20H27NO4. The minimum absolute atomic E-state index is 0.0723. The zero-order valence-corrected chi connectivity index (χ0v) is 14.9. The van der Waals surface area contributed by atoms with Gasteiger partial charge in [-0.1, -0.05) is 24.3 Å². The smallest absolute Gasteiger partial charge is 0.313 e. The van der Waals surface area contributed by atoms with Gasteiger partial charge in [-0.2, -0.15) is 0 Å². The number of piperidine rings is 1. The van der Waals surface area contributed by atoms with Crippen LogP contribution in [-0.2, 0) is 20.7 Å². The molecule has 1 N–H and O–H groups in total. The number of rotatable bonds is 5. The fraction of sp³-hybridized carbons (Fsp3) is 0.600. The standard InChI is InChI=1S/C20H27NO4/c1-25-14-20(19(23)24)10-5-11-21(13-20)18(22)12-16-8-4-7-15-6-2-3-9-17(15)16/h2-3,6,9,16H,4-5,7-8,10-14H2,1H3,(H,23,24). The summed E-state index contributed by atoms with van der Waals surface area (Å²) in [7, 11) is 1.52. The number of amides is 1. The fourth-order valence-corrected chi connectivity index (χ4v) is 4.38. The van der Waals surface area contributed by atoms with Crippen molar-refractivity contribution in [2.75, 3.05) is 26.8 Å². The number of aryl methyl sites for hydroxylation is 1. The minimum Gasteiger partial charge on any atom is -0.481 e. The maximum atomic E-state index is 12.9. The molecule has 0 aromatic heterocycles. The minimum atomic E-state index is -0.965. The molecule has 5 nitrogen and oxygen atoms in total. The van der Waals surface area contributed by atoms with Crippen molar-refractivity contribution in [1.29, 1.82) is 0 Å². The van der Waals surface area contributed by atoms with Crippen LogP contribution in [0.25, 0.3) is 0 Å². The average molecular weight is 345 g/mol. The number of carbonyl (C=O) groups excluding carboxylic acids is 1. The van der Waals surface area contributed by atoms with Crippen molar-refractivity contribution < 1.29 is 19.4 Å². The van der Waals surface area contributed by atoms with Crippen LogP contribution in [0.5, 0.6) is 0 Å². The van der Waals surface area contributed by atoms with Crippen molar-refractivity contribution >= 4 is 11.9 Å². The molecule has 1 fully saturated rings. The van der Waals surface area contributed by atoms with Crippen molar-refractivity contribution in [2.45, 2.75) is 44.4 Å². The molecule has 1 aromatic rings. The van der Waals surface area contributed by atoms with Gasteiger partial charge < -0.3 is 14.7 Å². The lowest BCUT2D eigenvalue weighted by molar-refractivity contribution is -0.159. The van der Waals surface area contributed by atoms with Crippen LogP contribution in [0.1, 0.15) is 49.1 Å². The molecule has 2 aliphatic rings. The number of methoxy groups -OCH3 is 1. The van der Waals surface area contributed by atoms with Crippen LogP contribution in [0.2, 0.25) is 0 Å². The number of likely N-dealkylation sites (tertiary alicyclic amines) is 1. The van der Waals surface area contributed by atoms with Gasteiger partial charge in [-0.05, 0) is 49.1 Å². The number of carboxylic acids is 1. The van der Waals surface area contributed by atoms with Crippen LogP contribution in [0.4, 0.5) is 0 Å². The van der Waals surface area contributed by atoms with E-state index in [-0.39, 0.29) is 25.0 Å². The highest BCUT2D eigenvalue weighted by Gasteiger charge is 2.44. The van der Waals surface area contributed by atoms with Crippen LogP contribution in [0.3, 0.4) is 0 Å². The molecule has 1 aromatic carbocycles. The lowest BCUT2D eigenvalue weighted by atomic mass is 9.79. The molecule has 3 rings (SSSR count). The zero-order chi connectivity index (χ0) is 17.9. The van der Waals surface area contributed by atoms with Gasteiger partial charge in [0, 0.05) is 26.6 Å². The summed E-state index contributed by atoms with van der Waals surface area (Å²) in [6.45, 7) is 1.05. The summed E-state index contributed by atoms with van der Waals surface area (Å²) in [5.41, 5.74) is 1.68. The number of ether oxygens (including phenoxy) is 1. The first-order valence-corrected chi connectivity index (χ1v) is 9.14. The van der Waals surface area contributed by atoms with Gasteiger partial charge in [-0.3, -0.25) is 9.59 Å². The SMILES string of the molecule is COCC1(C(=O)O)CCCN(C(=O)CC2CCCc3ccccc32)C1. The molecule has 0 bridgehead atoms. The number of fused-ring (bicyclic) bond motifs is 1. The molecule has 1 heterocycles. The molecule has 1 aliphatic heterocycles. The lowest BCUT2D eigenvalue weighted by Crippen LogP contribution is -2.52. The number of hydrogen-bond donors (Lipinski definition) is 1. The quantitative estimate of drug-likeness (QED) is 0.891. The summed E-state index contributed by atoms with van der Waals surface area (Å²) >= 11 is 0. The molecule has 0 radical (unpaired) electrons. The van der Waals surface area contributed by atoms with E-state index >= 15 is 0 Å². The summed E-state index contributed by atoms with van der Waals surface area (Å²) in [5.74, 6) is -0.543. The Bertz CT molecular complexity index is 640. The molecule has 2 atom stereocenters.